The van der Waals surface area contributed by atoms with Gasteiger partial charge in [-0.15, -0.1) is 0 Å². The summed E-state index contributed by atoms with van der Waals surface area (Å²) in [5, 5.41) is 0. The quantitative estimate of drug-likeness (QED) is 0.720. The third-order valence-corrected chi connectivity index (χ3v) is 2.51. The molecule has 4 heteroatoms. The fourth-order valence-electron chi connectivity index (χ4n) is 1.67. The highest BCUT2D eigenvalue weighted by atomic mass is 16.5. The standard InChI is InChI=1S/C14H23NO3/c1-4-17-7-8-18-14-10-13(16-3)6-5-12(14)9-11(2)15/h5-6,10-11H,4,7-9,15H2,1-3H3. The number of benzene rings is 1. The molecule has 0 amide bonds. The van der Waals surface area contributed by atoms with E-state index in [-0.39, 0.29) is 6.04 Å². The zero-order valence-corrected chi connectivity index (χ0v) is 11.4. The van der Waals surface area contributed by atoms with Crippen molar-refractivity contribution in [1.29, 1.82) is 0 Å². The fraction of sp³-hybridized carbons (Fsp3) is 0.571. The first-order chi connectivity index (χ1) is 8.67. The molecule has 0 aliphatic rings. The van der Waals surface area contributed by atoms with Crippen LogP contribution < -0.4 is 15.2 Å². The van der Waals surface area contributed by atoms with Crippen LogP contribution in [0.25, 0.3) is 0 Å². The maximum Gasteiger partial charge on any atom is 0.126 e. The second-order valence-corrected chi connectivity index (χ2v) is 4.20. The molecular weight excluding hydrogens is 230 g/mol. The zero-order valence-electron chi connectivity index (χ0n) is 11.4. The number of rotatable bonds is 8. The van der Waals surface area contributed by atoms with Crippen LogP contribution in [0.1, 0.15) is 19.4 Å². The van der Waals surface area contributed by atoms with Gasteiger partial charge in [0.2, 0.25) is 0 Å². The minimum atomic E-state index is 0.104. The topological polar surface area (TPSA) is 53.7 Å². The number of ether oxygens (including phenoxy) is 3. The molecule has 2 N–H and O–H groups in total. The van der Waals surface area contributed by atoms with E-state index in [1.165, 1.54) is 0 Å². The molecule has 18 heavy (non-hydrogen) atoms. The second kappa shape index (κ2) is 7.95. The number of nitrogens with two attached hydrogens (primary N) is 1. The average molecular weight is 253 g/mol. The monoisotopic (exact) mass is 253 g/mol. The van der Waals surface area contributed by atoms with Crippen molar-refractivity contribution in [3.05, 3.63) is 23.8 Å². The second-order valence-electron chi connectivity index (χ2n) is 4.20. The summed E-state index contributed by atoms with van der Waals surface area (Å²) < 4.78 is 16.2. The Bertz CT molecular complexity index is 353. The van der Waals surface area contributed by atoms with Crippen molar-refractivity contribution in [3.8, 4) is 11.5 Å². The molecule has 0 aliphatic heterocycles. The van der Waals surface area contributed by atoms with Gasteiger partial charge >= 0.3 is 0 Å². The van der Waals surface area contributed by atoms with Crippen molar-refractivity contribution in [1.82, 2.24) is 0 Å². The molecule has 0 aliphatic carbocycles. The Morgan fingerprint density at radius 1 is 1.28 bits per heavy atom. The number of methoxy groups -OCH3 is 1. The Morgan fingerprint density at radius 3 is 2.67 bits per heavy atom. The third-order valence-electron chi connectivity index (χ3n) is 2.51. The zero-order chi connectivity index (χ0) is 13.4. The predicted octanol–water partition coefficient (Wildman–Crippen LogP) is 2.00. The minimum Gasteiger partial charge on any atom is -0.497 e. The molecular formula is C14H23NO3. The third kappa shape index (κ3) is 4.94. The van der Waals surface area contributed by atoms with Crippen molar-refractivity contribution >= 4 is 0 Å². The number of hydrogen-bond donors (Lipinski definition) is 1. The van der Waals surface area contributed by atoms with E-state index >= 15 is 0 Å². The lowest BCUT2D eigenvalue weighted by molar-refractivity contribution is 0.109. The van der Waals surface area contributed by atoms with E-state index in [0.29, 0.717) is 19.8 Å². The Labute approximate surface area is 109 Å². The lowest BCUT2D eigenvalue weighted by Crippen LogP contribution is -2.18. The van der Waals surface area contributed by atoms with Gasteiger partial charge in [-0.05, 0) is 31.9 Å². The van der Waals surface area contributed by atoms with Gasteiger partial charge in [-0.25, -0.2) is 0 Å². The molecule has 0 saturated heterocycles. The molecule has 1 aromatic rings. The summed E-state index contributed by atoms with van der Waals surface area (Å²) in [6.07, 6.45) is 0.786. The summed E-state index contributed by atoms with van der Waals surface area (Å²) in [4.78, 5) is 0. The van der Waals surface area contributed by atoms with Gasteiger partial charge in [0.05, 0.1) is 13.7 Å². The van der Waals surface area contributed by atoms with Crippen LogP contribution in [0, 0.1) is 0 Å². The highest BCUT2D eigenvalue weighted by molar-refractivity contribution is 5.41. The molecule has 0 radical (unpaired) electrons. The normalized spacial score (nSPS) is 12.2. The van der Waals surface area contributed by atoms with Gasteiger partial charge in [0.1, 0.15) is 18.1 Å². The molecule has 0 bridgehead atoms. The molecule has 1 unspecified atom stereocenters. The molecule has 0 spiro atoms. The maximum atomic E-state index is 5.83. The number of hydrogen-bond acceptors (Lipinski definition) is 4. The SMILES string of the molecule is CCOCCOc1cc(OC)ccc1CC(C)N. The fourth-order valence-corrected chi connectivity index (χ4v) is 1.67. The van der Waals surface area contributed by atoms with Crippen LogP contribution in [0.4, 0.5) is 0 Å². The lowest BCUT2D eigenvalue weighted by Gasteiger charge is -2.14. The minimum absolute atomic E-state index is 0.104. The molecule has 0 fully saturated rings. The van der Waals surface area contributed by atoms with Gasteiger partial charge in [0, 0.05) is 18.7 Å². The highest BCUT2D eigenvalue weighted by Gasteiger charge is 2.08. The Morgan fingerprint density at radius 2 is 2.06 bits per heavy atom. The first-order valence-electron chi connectivity index (χ1n) is 6.30. The van der Waals surface area contributed by atoms with Gasteiger partial charge in [0.25, 0.3) is 0 Å². The Balaban J connectivity index is 2.69. The van der Waals surface area contributed by atoms with Crippen molar-refractivity contribution in [2.45, 2.75) is 26.3 Å². The van der Waals surface area contributed by atoms with Crippen LogP contribution in [0.3, 0.4) is 0 Å². The lowest BCUT2D eigenvalue weighted by atomic mass is 10.1. The van der Waals surface area contributed by atoms with E-state index in [9.17, 15) is 0 Å². The maximum absolute atomic E-state index is 5.83. The van der Waals surface area contributed by atoms with E-state index in [1.54, 1.807) is 7.11 Å². The van der Waals surface area contributed by atoms with Crippen LogP contribution >= 0.6 is 0 Å². The molecule has 0 saturated carbocycles. The first-order valence-corrected chi connectivity index (χ1v) is 6.30. The first kappa shape index (κ1) is 14.8. The van der Waals surface area contributed by atoms with E-state index in [0.717, 1.165) is 23.5 Å². The summed E-state index contributed by atoms with van der Waals surface area (Å²) in [5.74, 6) is 1.61. The molecule has 102 valence electrons. The van der Waals surface area contributed by atoms with E-state index in [4.69, 9.17) is 19.9 Å². The van der Waals surface area contributed by atoms with Gasteiger partial charge in [-0.1, -0.05) is 6.07 Å². The summed E-state index contributed by atoms with van der Waals surface area (Å²) in [6, 6.07) is 5.92. The van der Waals surface area contributed by atoms with Crippen molar-refractivity contribution in [3.63, 3.8) is 0 Å². The van der Waals surface area contributed by atoms with Gasteiger partial charge < -0.3 is 19.9 Å². The predicted molar refractivity (Wildman–Crippen MR) is 72.3 cm³/mol. The Hall–Kier alpha value is -1.26. The molecule has 0 aromatic heterocycles. The van der Waals surface area contributed by atoms with Crippen molar-refractivity contribution in [2.75, 3.05) is 26.9 Å². The van der Waals surface area contributed by atoms with Crippen LogP contribution in [0.5, 0.6) is 11.5 Å². The largest absolute Gasteiger partial charge is 0.497 e. The molecule has 1 aromatic carbocycles. The van der Waals surface area contributed by atoms with Gasteiger partial charge in [-0.3, -0.25) is 0 Å². The average Bonchev–Trinajstić information content (AvgIpc) is 2.35. The summed E-state index contributed by atoms with van der Waals surface area (Å²) in [5.41, 5.74) is 6.93. The smallest absolute Gasteiger partial charge is 0.126 e. The van der Waals surface area contributed by atoms with E-state index < -0.39 is 0 Å². The van der Waals surface area contributed by atoms with Crippen LogP contribution in [-0.2, 0) is 11.2 Å². The molecule has 1 atom stereocenters. The van der Waals surface area contributed by atoms with Crippen molar-refractivity contribution in [2.24, 2.45) is 5.73 Å². The Kier molecular flexibility index (Phi) is 6.54. The molecule has 4 nitrogen and oxygen atoms in total. The molecule has 1 rings (SSSR count). The van der Waals surface area contributed by atoms with E-state index in [1.807, 2.05) is 32.0 Å². The summed E-state index contributed by atoms with van der Waals surface area (Å²) >= 11 is 0. The van der Waals surface area contributed by atoms with Crippen molar-refractivity contribution < 1.29 is 14.2 Å². The van der Waals surface area contributed by atoms with Crippen LogP contribution in [0.15, 0.2) is 18.2 Å². The molecule has 0 heterocycles. The van der Waals surface area contributed by atoms with E-state index in [2.05, 4.69) is 0 Å². The highest BCUT2D eigenvalue weighted by Crippen LogP contribution is 2.25. The van der Waals surface area contributed by atoms with Crippen LogP contribution in [-0.4, -0.2) is 33.0 Å². The summed E-state index contributed by atoms with van der Waals surface area (Å²) in [7, 11) is 1.64. The van der Waals surface area contributed by atoms with Crippen LogP contribution in [0.2, 0.25) is 0 Å². The van der Waals surface area contributed by atoms with Gasteiger partial charge in [0.15, 0.2) is 0 Å². The van der Waals surface area contributed by atoms with Gasteiger partial charge in [-0.2, -0.15) is 0 Å². The summed E-state index contributed by atoms with van der Waals surface area (Å²) in [6.45, 7) is 5.77.